The minimum absolute atomic E-state index is 0.901. The molecule has 0 aliphatic carbocycles. The Hall–Kier alpha value is -0.880. The van der Waals surface area contributed by atoms with Gasteiger partial charge in [-0.25, -0.2) is 0 Å². The van der Waals surface area contributed by atoms with Crippen LogP contribution in [-0.2, 0) is 0 Å². The lowest BCUT2D eigenvalue weighted by Crippen LogP contribution is -2.03. The lowest BCUT2D eigenvalue weighted by atomic mass is 10.1. The van der Waals surface area contributed by atoms with Crippen LogP contribution in [0.25, 0.3) is 0 Å². The van der Waals surface area contributed by atoms with Crippen LogP contribution in [0.15, 0.2) is 17.1 Å². The number of nitrogens with zero attached hydrogens (tertiary/aromatic N) is 1. The second-order valence-electron chi connectivity index (χ2n) is 4.28. The maximum absolute atomic E-state index is 5.28. The third-order valence-electron chi connectivity index (χ3n) is 2.87. The van der Waals surface area contributed by atoms with Crippen LogP contribution in [0.1, 0.15) is 38.7 Å². The summed E-state index contributed by atoms with van der Waals surface area (Å²) < 4.78 is 5.28. The summed E-state index contributed by atoms with van der Waals surface area (Å²) in [5.41, 5.74) is 3.42. The van der Waals surface area contributed by atoms with E-state index >= 15 is 0 Å². The van der Waals surface area contributed by atoms with Crippen molar-refractivity contribution in [3.63, 3.8) is 0 Å². The van der Waals surface area contributed by atoms with Crippen LogP contribution in [0.3, 0.4) is 0 Å². The standard InChI is InChI=1S/C14H22NOP/c1-5-6-7-10(2)15-12-8-9-13(16-4)14(17)11(12)3/h8-9H,5-7,17H2,1-4H3. The van der Waals surface area contributed by atoms with Crippen molar-refractivity contribution in [2.75, 3.05) is 7.11 Å². The quantitative estimate of drug-likeness (QED) is 0.576. The number of rotatable bonds is 5. The summed E-state index contributed by atoms with van der Waals surface area (Å²) in [5, 5.41) is 1.09. The molecule has 1 atom stereocenters. The van der Waals surface area contributed by atoms with Crippen LogP contribution in [0.4, 0.5) is 5.69 Å². The molecule has 0 bridgehead atoms. The van der Waals surface area contributed by atoms with Crippen molar-refractivity contribution in [1.82, 2.24) is 0 Å². The van der Waals surface area contributed by atoms with Crippen LogP contribution in [-0.4, -0.2) is 12.8 Å². The molecule has 1 rings (SSSR count). The van der Waals surface area contributed by atoms with Gasteiger partial charge in [-0.1, -0.05) is 13.3 Å². The van der Waals surface area contributed by atoms with Gasteiger partial charge in [0.05, 0.1) is 12.8 Å². The molecule has 0 aliphatic heterocycles. The van der Waals surface area contributed by atoms with Gasteiger partial charge < -0.3 is 4.74 Å². The van der Waals surface area contributed by atoms with Gasteiger partial charge in [-0.2, -0.15) is 0 Å². The lowest BCUT2D eigenvalue weighted by molar-refractivity contribution is 0.418. The first-order valence-electron chi connectivity index (χ1n) is 6.07. The molecule has 3 heteroatoms. The minimum atomic E-state index is 0.901. The molecule has 94 valence electrons. The fourth-order valence-electron chi connectivity index (χ4n) is 1.69. The van der Waals surface area contributed by atoms with Gasteiger partial charge in [0.25, 0.3) is 0 Å². The Bertz CT molecular complexity index is 413. The molecule has 0 amide bonds. The van der Waals surface area contributed by atoms with E-state index < -0.39 is 0 Å². The Morgan fingerprint density at radius 2 is 2.12 bits per heavy atom. The Morgan fingerprint density at radius 1 is 1.41 bits per heavy atom. The Kier molecular flexibility index (Phi) is 5.64. The molecular formula is C14H22NOP. The van der Waals surface area contributed by atoms with Gasteiger partial charge in [-0.3, -0.25) is 4.99 Å². The van der Waals surface area contributed by atoms with Gasteiger partial charge in [0.1, 0.15) is 5.75 Å². The van der Waals surface area contributed by atoms with Crippen LogP contribution in [0.5, 0.6) is 5.75 Å². The summed E-state index contributed by atoms with van der Waals surface area (Å²) >= 11 is 0. The fraction of sp³-hybridized carbons (Fsp3) is 0.500. The molecule has 1 unspecified atom stereocenters. The summed E-state index contributed by atoms with van der Waals surface area (Å²) in [7, 11) is 4.42. The molecule has 0 fully saturated rings. The maximum Gasteiger partial charge on any atom is 0.126 e. The SMILES string of the molecule is CCCCC(C)=Nc1ccc(OC)c(P)c1C. The first kappa shape index (κ1) is 14.2. The Balaban J connectivity index is 2.96. The van der Waals surface area contributed by atoms with E-state index in [1.807, 2.05) is 12.1 Å². The summed E-state index contributed by atoms with van der Waals surface area (Å²) in [6.07, 6.45) is 3.50. The summed E-state index contributed by atoms with van der Waals surface area (Å²) in [4.78, 5) is 4.68. The number of hydrogen-bond acceptors (Lipinski definition) is 2. The van der Waals surface area contributed by atoms with Crippen LogP contribution in [0.2, 0.25) is 0 Å². The van der Waals surface area contributed by atoms with Crippen molar-refractivity contribution in [3.8, 4) is 5.75 Å². The number of benzene rings is 1. The topological polar surface area (TPSA) is 21.6 Å². The smallest absolute Gasteiger partial charge is 0.126 e. The second-order valence-corrected chi connectivity index (χ2v) is 4.85. The molecule has 2 nitrogen and oxygen atoms in total. The Morgan fingerprint density at radius 3 is 2.71 bits per heavy atom. The normalized spacial score (nSPS) is 11.7. The van der Waals surface area contributed by atoms with E-state index in [2.05, 4.69) is 35.0 Å². The third-order valence-corrected chi connectivity index (χ3v) is 3.59. The Labute approximate surface area is 107 Å². The van der Waals surface area contributed by atoms with Gasteiger partial charge in [-0.05, 0) is 44.4 Å². The molecule has 0 aromatic heterocycles. The van der Waals surface area contributed by atoms with Gasteiger partial charge in [0.2, 0.25) is 0 Å². The molecule has 1 aromatic carbocycles. The first-order chi connectivity index (χ1) is 8.10. The largest absolute Gasteiger partial charge is 0.496 e. The molecule has 0 aliphatic rings. The zero-order valence-electron chi connectivity index (χ0n) is 11.2. The number of methoxy groups -OCH3 is 1. The molecule has 0 saturated carbocycles. The summed E-state index contributed by atoms with van der Waals surface area (Å²) in [5.74, 6) is 0.901. The predicted molar refractivity (Wildman–Crippen MR) is 79.4 cm³/mol. The van der Waals surface area contributed by atoms with E-state index in [1.54, 1.807) is 7.11 Å². The number of hydrogen-bond donors (Lipinski definition) is 0. The van der Waals surface area contributed by atoms with Crippen LogP contribution in [0, 0.1) is 6.92 Å². The average molecular weight is 251 g/mol. The molecule has 1 aromatic rings. The van der Waals surface area contributed by atoms with E-state index in [1.165, 1.54) is 24.1 Å². The molecule has 0 N–H and O–H groups in total. The maximum atomic E-state index is 5.28. The van der Waals surface area contributed by atoms with Crippen molar-refractivity contribution in [2.24, 2.45) is 4.99 Å². The van der Waals surface area contributed by atoms with Crippen LogP contribution >= 0.6 is 9.24 Å². The zero-order chi connectivity index (χ0) is 12.8. The third kappa shape index (κ3) is 3.81. The van der Waals surface area contributed by atoms with E-state index in [4.69, 9.17) is 4.74 Å². The highest BCUT2D eigenvalue weighted by molar-refractivity contribution is 7.28. The van der Waals surface area contributed by atoms with Crippen molar-refractivity contribution in [2.45, 2.75) is 40.0 Å². The van der Waals surface area contributed by atoms with Gasteiger partial charge in [0.15, 0.2) is 0 Å². The van der Waals surface area contributed by atoms with Crippen molar-refractivity contribution in [3.05, 3.63) is 17.7 Å². The zero-order valence-corrected chi connectivity index (χ0v) is 12.4. The average Bonchev–Trinajstić information content (AvgIpc) is 2.33. The van der Waals surface area contributed by atoms with Gasteiger partial charge >= 0.3 is 0 Å². The molecule has 0 radical (unpaired) electrons. The highest BCUT2D eigenvalue weighted by atomic mass is 31.0. The highest BCUT2D eigenvalue weighted by Gasteiger charge is 2.06. The second kappa shape index (κ2) is 6.76. The van der Waals surface area contributed by atoms with Crippen molar-refractivity contribution in [1.29, 1.82) is 0 Å². The fourth-order valence-corrected chi connectivity index (χ4v) is 2.05. The van der Waals surface area contributed by atoms with E-state index in [9.17, 15) is 0 Å². The van der Waals surface area contributed by atoms with Gasteiger partial charge in [0, 0.05) is 11.0 Å². The molecule has 0 heterocycles. The molecule has 0 saturated heterocycles. The van der Waals surface area contributed by atoms with E-state index in [-0.39, 0.29) is 0 Å². The van der Waals surface area contributed by atoms with Crippen molar-refractivity contribution < 1.29 is 4.74 Å². The number of aliphatic imine (C=N–C) groups is 1. The van der Waals surface area contributed by atoms with E-state index in [0.29, 0.717) is 0 Å². The van der Waals surface area contributed by atoms with Crippen molar-refractivity contribution >= 4 is 25.9 Å². The number of ether oxygens (including phenoxy) is 1. The lowest BCUT2D eigenvalue weighted by Gasteiger charge is -2.10. The monoisotopic (exact) mass is 251 g/mol. The summed E-state index contributed by atoms with van der Waals surface area (Å²) in [6.45, 7) is 6.38. The summed E-state index contributed by atoms with van der Waals surface area (Å²) in [6, 6.07) is 4.00. The first-order valence-corrected chi connectivity index (χ1v) is 6.65. The molecular weight excluding hydrogens is 229 g/mol. The van der Waals surface area contributed by atoms with Crippen LogP contribution < -0.4 is 10.0 Å². The number of unbranched alkanes of at least 4 members (excludes halogenated alkanes) is 1. The van der Waals surface area contributed by atoms with E-state index in [0.717, 1.165) is 23.2 Å². The predicted octanol–water partition coefficient (Wildman–Crippen LogP) is 3.79. The highest BCUT2D eigenvalue weighted by Crippen LogP contribution is 2.24. The molecule has 0 spiro atoms. The van der Waals surface area contributed by atoms with Gasteiger partial charge in [-0.15, -0.1) is 9.24 Å². The molecule has 17 heavy (non-hydrogen) atoms. The minimum Gasteiger partial charge on any atom is -0.496 e.